The molecule has 0 bridgehead atoms. The van der Waals surface area contributed by atoms with Gasteiger partial charge in [-0.1, -0.05) is 5.92 Å². The summed E-state index contributed by atoms with van der Waals surface area (Å²) < 4.78 is 0. The number of rotatable bonds is 4. The molecular weight excluding hydrogens is 142 g/mol. The molecule has 0 aromatic carbocycles. The molecule has 0 heterocycles. The van der Waals surface area contributed by atoms with Crippen molar-refractivity contribution in [2.75, 3.05) is 13.1 Å². The van der Waals surface area contributed by atoms with Crippen molar-refractivity contribution in [3.8, 4) is 12.3 Å². The van der Waals surface area contributed by atoms with Gasteiger partial charge in [0.25, 0.3) is 0 Å². The Morgan fingerprint density at radius 3 is 2.82 bits per heavy atom. The van der Waals surface area contributed by atoms with Gasteiger partial charge in [0.05, 0.1) is 12.6 Å². The molecule has 0 aromatic heterocycles. The lowest BCUT2D eigenvalue weighted by Gasteiger charge is -2.08. The van der Waals surface area contributed by atoms with Crippen molar-refractivity contribution in [1.29, 1.82) is 0 Å². The molecule has 4 nitrogen and oxygen atoms in total. The van der Waals surface area contributed by atoms with Gasteiger partial charge in [-0.3, -0.25) is 4.79 Å². The molecule has 0 aliphatic carbocycles. The van der Waals surface area contributed by atoms with E-state index < -0.39 is 6.04 Å². The molecule has 0 aliphatic heterocycles. The second kappa shape index (κ2) is 5.71. The molecule has 0 fully saturated rings. The first-order chi connectivity index (χ1) is 5.22. The Hall–Kier alpha value is -1.05. The van der Waals surface area contributed by atoms with Gasteiger partial charge in [-0.2, -0.15) is 0 Å². The monoisotopic (exact) mass is 155 g/mol. The predicted octanol–water partition coefficient (Wildman–Crippen LogP) is -1.59. The van der Waals surface area contributed by atoms with Gasteiger partial charge in [-0.25, -0.2) is 0 Å². The zero-order valence-electron chi connectivity index (χ0n) is 6.34. The quantitative estimate of drug-likeness (QED) is 0.428. The van der Waals surface area contributed by atoms with Crippen LogP contribution in [0.3, 0.4) is 0 Å². The summed E-state index contributed by atoms with van der Waals surface area (Å²) in [4.78, 5) is 10.9. The molecule has 0 saturated carbocycles. The largest absolute Gasteiger partial charge is 0.344 e. The summed E-state index contributed by atoms with van der Waals surface area (Å²) in [7, 11) is 0. The van der Waals surface area contributed by atoms with Crippen LogP contribution in [0.5, 0.6) is 0 Å². The molecule has 0 spiro atoms. The number of amides is 1. The highest BCUT2D eigenvalue weighted by molar-refractivity contribution is 5.81. The Morgan fingerprint density at radius 2 is 2.36 bits per heavy atom. The van der Waals surface area contributed by atoms with Crippen molar-refractivity contribution in [2.24, 2.45) is 11.5 Å². The summed E-state index contributed by atoms with van der Waals surface area (Å²) in [6.45, 7) is 0.627. The Morgan fingerprint density at radius 1 is 1.73 bits per heavy atom. The fourth-order valence-electron chi connectivity index (χ4n) is 0.580. The van der Waals surface area contributed by atoms with Gasteiger partial charge < -0.3 is 16.8 Å². The Labute approximate surface area is 66.3 Å². The van der Waals surface area contributed by atoms with Crippen molar-refractivity contribution >= 4 is 5.91 Å². The van der Waals surface area contributed by atoms with Gasteiger partial charge in [-0.15, -0.1) is 6.42 Å². The van der Waals surface area contributed by atoms with E-state index in [2.05, 4.69) is 11.2 Å². The fraction of sp³-hybridized carbons (Fsp3) is 0.571. The van der Waals surface area contributed by atoms with Gasteiger partial charge in [-0.05, 0) is 13.0 Å². The van der Waals surface area contributed by atoms with E-state index in [9.17, 15) is 4.79 Å². The number of hydrogen-bond acceptors (Lipinski definition) is 3. The minimum atomic E-state index is -0.534. The van der Waals surface area contributed by atoms with Crippen LogP contribution >= 0.6 is 0 Å². The highest BCUT2D eigenvalue weighted by Crippen LogP contribution is 1.83. The van der Waals surface area contributed by atoms with Gasteiger partial charge in [0.15, 0.2) is 0 Å². The Kier molecular flexibility index (Phi) is 5.17. The van der Waals surface area contributed by atoms with Crippen LogP contribution in [-0.2, 0) is 4.79 Å². The highest BCUT2D eigenvalue weighted by Gasteiger charge is 2.09. The molecule has 0 saturated heterocycles. The maximum atomic E-state index is 10.9. The molecule has 11 heavy (non-hydrogen) atoms. The van der Waals surface area contributed by atoms with E-state index in [1.807, 2.05) is 0 Å². The van der Waals surface area contributed by atoms with Gasteiger partial charge in [0, 0.05) is 0 Å². The van der Waals surface area contributed by atoms with Crippen LogP contribution in [0.4, 0.5) is 0 Å². The van der Waals surface area contributed by atoms with E-state index in [4.69, 9.17) is 17.9 Å². The lowest BCUT2D eigenvalue weighted by atomic mass is 10.2. The maximum Gasteiger partial charge on any atom is 0.237 e. The summed E-state index contributed by atoms with van der Waals surface area (Å²) in [5, 5.41) is 2.46. The minimum absolute atomic E-state index is 0.219. The third-order valence-electron chi connectivity index (χ3n) is 1.18. The average Bonchev–Trinajstić information content (AvgIpc) is 2.00. The molecule has 62 valence electrons. The average molecular weight is 155 g/mol. The fourth-order valence-corrected chi connectivity index (χ4v) is 0.580. The lowest BCUT2D eigenvalue weighted by Crippen LogP contribution is -2.41. The van der Waals surface area contributed by atoms with Crippen LogP contribution in [-0.4, -0.2) is 25.0 Å². The van der Waals surface area contributed by atoms with E-state index in [1.165, 1.54) is 0 Å². The van der Waals surface area contributed by atoms with E-state index >= 15 is 0 Å². The minimum Gasteiger partial charge on any atom is -0.344 e. The molecule has 0 radical (unpaired) electrons. The van der Waals surface area contributed by atoms with Crippen molar-refractivity contribution in [1.82, 2.24) is 5.32 Å². The van der Waals surface area contributed by atoms with Gasteiger partial charge in [0.2, 0.25) is 5.91 Å². The van der Waals surface area contributed by atoms with Crippen LogP contribution in [0.15, 0.2) is 0 Å². The number of nitrogens with one attached hydrogen (secondary N) is 1. The second-order valence-electron chi connectivity index (χ2n) is 2.11. The van der Waals surface area contributed by atoms with Crippen LogP contribution < -0.4 is 16.8 Å². The van der Waals surface area contributed by atoms with Crippen molar-refractivity contribution in [2.45, 2.75) is 12.5 Å². The first kappa shape index (κ1) is 9.95. The van der Waals surface area contributed by atoms with Crippen LogP contribution in [0.25, 0.3) is 0 Å². The summed E-state index contributed by atoms with van der Waals surface area (Å²) in [6, 6.07) is -0.534. The molecule has 1 unspecified atom stereocenters. The van der Waals surface area contributed by atoms with Crippen molar-refractivity contribution in [3.63, 3.8) is 0 Å². The van der Waals surface area contributed by atoms with E-state index in [0.29, 0.717) is 13.0 Å². The highest BCUT2D eigenvalue weighted by atomic mass is 16.2. The number of carbonyl (C=O) groups excluding carboxylic acids is 1. The van der Waals surface area contributed by atoms with Crippen LogP contribution in [0.1, 0.15) is 6.42 Å². The molecule has 0 aliphatic rings. The zero-order chi connectivity index (χ0) is 8.69. The molecule has 0 aromatic rings. The maximum absolute atomic E-state index is 10.9. The van der Waals surface area contributed by atoms with Gasteiger partial charge >= 0.3 is 0 Å². The predicted molar refractivity (Wildman–Crippen MR) is 43.5 cm³/mol. The number of hydrogen-bond donors (Lipinski definition) is 3. The van der Waals surface area contributed by atoms with Crippen LogP contribution in [0.2, 0.25) is 0 Å². The third kappa shape index (κ3) is 4.37. The molecule has 4 heteroatoms. The zero-order valence-corrected chi connectivity index (χ0v) is 6.34. The summed E-state index contributed by atoms with van der Waals surface area (Å²) >= 11 is 0. The standard InChI is InChI=1S/C7H13N3O/c1-2-5-10-7(11)6(9)3-4-8/h1,6H,3-5,8-9H2,(H,10,11). The van der Waals surface area contributed by atoms with Gasteiger partial charge in [0.1, 0.15) is 0 Å². The summed E-state index contributed by atoms with van der Waals surface area (Å²) in [5.41, 5.74) is 10.6. The normalized spacial score (nSPS) is 11.7. The summed E-state index contributed by atoms with van der Waals surface area (Å²) in [5.74, 6) is 2.03. The molecule has 1 amide bonds. The van der Waals surface area contributed by atoms with Crippen LogP contribution in [0, 0.1) is 12.3 Å². The smallest absolute Gasteiger partial charge is 0.237 e. The third-order valence-corrected chi connectivity index (χ3v) is 1.18. The number of nitrogens with two attached hydrogens (primary N) is 2. The summed E-state index contributed by atoms with van der Waals surface area (Å²) in [6.07, 6.45) is 5.40. The molecule has 0 rings (SSSR count). The number of terminal acetylenes is 1. The van der Waals surface area contributed by atoms with E-state index in [0.717, 1.165) is 0 Å². The van der Waals surface area contributed by atoms with E-state index in [-0.39, 0.29) is 12.5 Å². The topological polar surface area (TPSA) is 81.1 Å². The Balaban J connectivity index is 3.57. The second-order valence-corrected chi connectivity index (χ2v) is 2.11. The molecule has 5 N–H and O–H groups in total. The van der Waals surface area contributed by atoms with E-state index in [1.54, 1.807) is 0 Å². The molecule has 1 atom stereocenters. The first-order valence-electron chi connectivity index (χ1n) is 3.39. The Bertz CT molecular complexity index is 162. The lowest BCUT2D eigenvalue weighted by molar-refractivity contribution is -0.122. The van der Waals surface area contributed by atoms with Crippen molar-refractivity contribution in [3.05, 3.63) is 0 Å². The molecular formula is C7H13N3O. The first-order valence-corrected chi connectivity index (χ1v) is 3.39. The van der Waals surface area contributed by atoms with Crippen molar-refractivity contribution < 1.29 is 4.79 Å². The SMILES string of the molecule is C#CCNC(=O)C(N)CCN. The number of carbonyl (C=O) groups is 1.